The number of hydrogen-bond donors (Lipinski definition) is 3. The van der Waals surface area contributed by atoms with Crippen LogP contribution >= 0.6 is 0 Å². The quantitative estimate of drug-likeness (QED) is 0.483. The molecule has 0 aliphatic carbocycles. The van der Waals surface area contributed by atoms with E-state index in [2.05, 4.69) is 5.43 Å². The maximum Gasteiger partial charge on any atom is 0.309 e. The lowest BCUT2D eigenvalue weighted by Crippen LogP contribution is -2.40. The summed E-state index contributed by atoms with van der Waals surface area (Å²) < 4.78 is 0. The van der Waals surface area contributed by atoms with E-state index in [-0.39, 0.29) is 12.6 Å². The van der Waals surface area contributed by atoms with E-state index in [4.69, 9.17) is 10.8 Å². The summed E-state index contributed by atoms with van der Waals surface area (Å²) in [7, 11) is 1.76. The average molecular weight is 157 g/mol. The van der Waals surface area contributed by atoms with Crippen molar-refractivity contribution in [2.24, 2.45) is 5.73 Å². The molecule has 0 bridgehead atoms. The molecule has 4 N–H and O–H groups in total. The monoisotopic (exact) mass is 157 g/mol. The molecule has 0 saturated heterocycles. The van der Waals surface area contributed by atoms with Crippen LogP contribution in [0.2, 0.25) is 0 Å². The van der Waals surface area contributed by atoms with Gasteiger partial charge in [0.05, 0.1) is 12.6 Å². The number of nitrogens with zero attached hydrogens (tertiary/aromatic N) is 1. The standard InChI is InChI=1S/C6H11N3O2/c1-9-5(7)2-4(8-9)3-6(10)11/h2,5,8H,3,7H2,1H3,(H,10,11). The highest BCUT2D eigenvalue weighted by atomic mass is 16.4. The van der Waals surface area contributed by atoms with E-state index >= 15 is 0 Å². The molecule has 1 aliphatic heterocycles. The molecule has 1 aliphatic rings. The highest BCUT2D eigenvalue weighted by Gasteiger charge is 2.17. The van der Waals surface area contributed by atoms with Crippen molar-refractivity contribution in [3.05, 3.63) is 11.8 Å². The molecule has 1 atom stereocenters. The van der Waals surface area contributed by atoms with Crippen molar-refractivity contribution in [3.63, 3.8) is 0 Å². The summed E-state index contributed by atoms with van der Waals surface area (Å²) in [5.41, 5.74) is 9.01. The molecule has 0 amide bonds. The Morgan fingerprint density at radius 2 is 2.64 bits per heavy atom. The molecule has 0 aromatic rings. The van der Waals surface area contributed by atoms with Gasteiger partial charge in [-0.05, 0) is 6.08 Å². The number of nitrogens with one attached hydrogen (secondary N) is 1. The number of carboxylic acids is 1. The van der Waals surface area contributed by atoms with Gasteiger partial charge in [-0.25, -0.2) is 5.01 Å². The highest BCUT2D eigenvalue weighted by molar-refractivity contribution is 5.69. The van der Waals surface area contributed by atoms with Gasteiger partial charge in [0.25, 0.3) is 0 Å². The number of nitrogens with two attached hydrogens (primary N) is 1. The van der Waals surface area contributed by atoms with E-state index in [1.807, 2.05) is 0 Å². The summed E-state index contributed by atoms with van der Waals surface area (Å²) in [5, 5.41) is 10.1. The Hall–Kier alpha value is -1.07. The lowest BCUT2D eigenvalue weighted by molar-refractivity contribution is -0.136. The van der Waals surface area contributed by atoms with Gasteiger partial charge in [-0.3, -0.25) is 4.79 Å². The molecule has 0 fully saturated rings. The van der Waals surface area contributed by atoms with Crippen molar-refractivity contribution in [2.75, 3.05) is 7.05 Å². The zero-order valence-electron chi connectivity index (χ0n) is 6.24. The Kier molecular flexibility index (Phi) is 2.11. The molecule has 1 unspecified atom stereocenters. The van der Waals surface area contributed by atoms with E-state index in [0.29, 0.717) is 5.70 Å². The first-order valence-corrected chi connectivity index (χ1v) is 3.27. The topological polar surface area (TPSA) is 78.6 Å². The molecule has 0 aromatic heterocycles. The molecule has 5 nitrogen and oxygen atoms in total. The molecule has 1 heterocycles. The largest absolute Gasteiger partial charge is 0.481 e. The minimum absolute atomic E-state index is 0.00194. The van der Waals surface area contributed by atoms with Crippen LogP contribution in [0.25, 0.3) is 0 Å². The molecule has 11 heavy (non-hydrogen) atoms. The van der Waals surface area contributed by atoms with Crippen LogP contribution in [-0.2, 0) is 4.79 Å². The number of rotatable bonds is 2. The van der Waals surface area contributed by atoms with E-state index in [9.17, 15) is 4.79 Å². The van der Waals surface area contributed by atoms with Crippen molar-refractivity contribution in [1.29, 1.82) is 0 Å². The van der Waals surface area contributed by atoms with Crippen molar-refractivity contribution in [1.82, 2.24) is 10.4 Å². The summed E-state index contributed by atoms with van der Waals surface area (Å²) in [6.45, 7) is 0. The van der Waals surface area contributed by atoms with E-state index in [1.54, 1.807) is 18.1 Å². The van der Waals surface area contributed by atoms with Crippen LogP contribution < -0.4 is 11.2 Å². The van der Waals surface area contributed by atoms with Gasteiger partial charge in [-0.15, -0.1) is 0 Å². The summed E-state index contributed by atoms with van der Waals surface area (Å²) in [4.78, 5) is 10.2. The second-order valence-electron chi connectivity index (χ2n) is 2.48. The molecule has 0 saturated carbocycles. The average Bonchev–Trinajstić information content (AvgIpc) is 2.10. The van der Waals surface area contributed by atoms with Crippen LogP contribution in [0, 0.1) is 0 Å². The Balaban J connectivity index is 2.50. The maximum absolute atomic E-state index is 10.2. The summed E-state index contributed by atoms with van der Waals surface area (Å²) >= 11 is 0. The fraction of sp³-hybridized carbons (Fsp3) is 0.500. The lowest BCUT2D eigenvalue weighted by atomic mass is 10.3. The lowest BCUT2D eigenvalue weighted by Gasteiger charge is -2.14. The molecule has 1 rings (SSSR count). The summed E-state index contributed by atoms with van der Waals surface area (Å²) in [6, 6.07) is 0. The number of hydrogen-bond acceptors (Lipinski definition) is 4. The molecule has 0 aromatic carbocycles. The fourth-order valence-corrected chi connectivity index (χ4v) is 0.918. The molecule has 0 radical (unpaired) electrons. The minimum atomic E-state index is -0.855. The second kappa shape index (κ2) is 2.89. The molecule has 5 heteroatoms. The van der Waals surface area contributed by atoms with Gasteiger partial charge in [0.1, 0.15) is 0 Å². The predicted octanol–water partition coefficient (Wildman–Crippen LogP) is -0.920. The summed E-state index contributed by atoms with van der Waals surface area (Å²) in [6.07, 6.45) is 1.47. The van der Waals surface area contributed by atoms with Crippen LogP contribution in [-0.4, -0.2) is 29.3 Å². The third kappa shape index (κ3) is 1.92. The third-order valence-corrected chi connectivity index (χ3v) is 1.48. The van der Waals surface area contributed by atoms with Crippen LogP contribution in [0.3, 0.4) is 0 Å². The Bertz CT molecular complexity index is 202. The first-order valence-electron chi connectivity index (χ1n) is 3.27. The maximum atomic E-state index is 10.2. The van der Waals surface area contributed by atoms with Gasteiger partial charge < -0.3 is 16.3 Å². The van der Waals surface area contributed by atoms with Gasteiger partial charge in [0.15, 0.2) is 0 Å². The molecule has 62 valence electrons. The fourth-order valence-electron chi connectivity index (χ4n) is 0.918. The first-order chi connectivity index (χ1) is 5.09. The van der Waals surface area contributed by atoms with Gasteiger partial charge in [-0.1, -0.05) is 0 Å². The predicted molar refractivity (Wildman–Crippen MR) is 39.2 cm³/mol. The zero-order chi connectivity index (χ0) is 8.43. The third-order valence-electron chi connectivity index (χ3n) is 1.48. The van der Waals surface area contributed by atoms with Crippen LogP contribution in [0.15, 0.2) is 11.8 Å². The van der Waals surface area contributed by atoms with Gasteiger partial charge in [0.2, 0.25) is 0 Å². The van der Waals surface area contributed by atoms with Gasteiger partial charge in [0, 0.05) is 12.7 Å². The molecular weight excluding hydrogens is 146 g/mol. The zero-order valence-corrected chi connectivity index (χ0v) is 6.24. The van der Waals surface area contributed by atoms with Crippen molar-refractivity contribution < 1.29 is 9.90 Å². The van der Waals surface area contributed by atoms with E-state index in [0.717, 1.165) is 0 Å². The van der Waals surface area contributed by atoms with Crippen molar-refractivity contribution in [2.45, 2.75) is 12.6 Å². The normalized spacial score (nSPS) is 24.5. The Morgan fingerprint density at radius 1 is 2.00 bits per heavy atom. The first kappa shape index (κ1) is 8.03. The minimum Gasteiger partial charge on any atom is -0.481 e. The number of hydrazine groups is 1. The number of likely N-dealkylation sites (N-methyl/N-ethyl adjacent to an activating group) is 1. The van der Waals surface area contributed by atoms with E-state index in [1.165, 1.54) is 0 Å². The van der Waals surface area contributed by atoms with Crippen LogP contribution in [0.4, 0.5) is 0 Å². The second-order valence-corrected chi connectivity index (χ2v) is 2.48. The SMILES string of the molecule is CN1NC(CC(=O)O)=CC1N. The highest BCUT2D eigenvalue weighted by Crippen LogP contribution is 2.07. The smallest absolute Gasteiger partial charge is 0.309 e. The summed E-state index contributed by atoms with van der Waals surface area (Å²) in [5.74, 6) is -0.855. The molecular formula is C6H11N3O2. The Labute approximate surface area is 64.4 Å². The number of aliphatic carboxylic acids is 1. The van der Waals surface area contributed by atoms with Gasteiger partial charge in [-0.2, -0.15) is 0 Å². The van der Waals surface area contributed by atoms with Crippen LogP contribution in [0.1, 0.15) is 6.42 Å². The number of carbonyl (C=O) groups is 1. The van der Waals surface area contributed by atoms with Gasteiger partial charge >= 0.3 is 5.97 Å². The van der Waals surface area contributed by atoms with Crippen molar-refractivity contribution in [3.8, 4) is 0 Å². The number of carboxylic acid groups (broad SMARTS) is 1. The van der Waals surface area contributed by atoms with Crippen molar-refractivity contribution >= 4 is 5.97 Å². The molecule has 0 spiro atoms. The van der Waals surface area contributed by atoms with E-state index < -0.39 is 5.97 Å². The van der Waals surface area contributed by atoms with Crippen LogP contribution in [0.5, 0.6) is 0 Å². The Morgan fingerprint density at radius 3 is 3.00 bits per heavy atom.